The van der Waals surface area contributed by atoms with Crippen molar-refractivity contribution in [3.63, 3.8) is 0 Å². The first-order valence-corrected chi connectivity index (χ1v) is 8.44. The molecule has 0 aliphatic carbocycles. The lowest BCUT2D eigenvalue weighted by atomic mass is 10.1. The average Bonchev–Trinajstić information content (AvgIpc) is 2.89. The molecular weight excluding hydrogens is 286 g/mol. The van der Waals surface area contributed by atoms with Crippen molar-refractivity contribution in [1.82, 2.24) is 4.72 Å². The third-order valence-corrected chi connectivity index (χ3v) is 4.90. The number of ether oxygens (including phenoxy) is 1. The molecule has 1 heterocycles. The van der Waals surface area contributed by atoms with Crippen LogP contribution in [-0.2, 0) is 14.8 Å². The number of sulfonamides is 1. The lowest BCUT2D eigenvalue weighted by Crippen LogP contribution is -2.33. The highest BCUT2D eigenvalue weighted by molar-refractivity contribution is 7.89. The van der Waals surface area contributed by atoms with Crippen LogP contribution in [0.5, 0.6) is 0 Å². The molecule has 1 fully saturated rings. The topological polar surface area (TPSA) is 55.4 Å². The molecule has 0 saturated carbocycles. The minimum atomic E-state index is -3.33. The van der Waals surface area contributed by atoms with E-state index in [-0.39, 0.29) is 23.8 Å². The van der Waals surface area contributed by atoms with Crippen LogP contribution in [0.2, 0.25) is 0 Å². The summed E-state index contributed by atoms with van der Waals surface area (Å²) in [7, 11) is -3.33. The molecule has 0 radical (unpaired) electrons. The Morgan fingerprint density at radius 1 is 1.37 bits per heavy atom. The van der Waals surface area contributed by atoms with Gasteiger partial charge >= 0.3 is 0 Å². The largest absolute Gasteiger partial charge is 0.377 e. The number of alkyl halides is 1. The van der Waals surface area contributed by atoms with Crippen LogP contribution in [0.3, 0.4) is 0 Å². The smallest absolute Gasteiger partial charge is 0.214 e. The normalized spacial score (nSPS) is 21.4. The molecule has 2 rings (SSSR count). The van der Waals surface area contributed by atoms with E-state index < -0.39 is 10.0 Å². The van der Waals surface area contributed by atoms with Crippen molar-refractivity contribution in [2.75, 3.05) is 18.9 Å². The van der Waals surface area contributed by atoms with Gasteiger partial charge in [-0.25, -0.2) is 13.1 Å². The van der Waals surface area contributed by atoms with E-state index in [1.165, 1.54) is 0 Å². The molecule has 1 N–H and O–H groups in total. The molecule has 1 aromatic rings. The summed E-state index contributed by atoms with van der Waals surface area (Å²) in [6.45, 7) is 0.850. The highest BCUT2D eigenvalue weighted by Crippen LogP contribution is 2.19. The highest BCUT2D eigenvalue weighted by Gasteiger charge is 2.23. The molecule has 2 atom stereocenters. The van der Waals surface area contributed by atoms with Gasteiger partial charge < -0.3 is 4.74 Å². The second kappa shape index (κ2) is 6.70. The Morgan fingerprint density at radius 2 is 2.11 bits per heavy atom. The Labute approximate surface area is 119 Å². The third-order valence-electron chi connectivity index (χ3n) is 3.07. The summed E-state index contributed by atoms with van der Waals surface area (Å²) in [4.78, 5) is 0. The fourth-order valence-corrected chi connectivity index (χ4v) is 3.66. The Morgan fingerprint density at radius 3 is 2.74 bits per heavy atom. The van der Waals surface area contributed by atoms with Crippen LogP contribution in [0.4, 0.5) is 0 Å². The van der Waals surface area contributed by atoms with Gasteiger partial charge in [-0.2, -0.15) is 0 Å². The van der Waals surface area contributed by atoms with E-state index in [4.69, 9.17) is 16.3 Å². The average molecular weight is 304 g/mol. The molecule has 1 aliphatic heterocycles. The van der Waals surface area contributed by atoms with Crippen molar-refractivity contribution < 1.29 is 13.2 Å². The zero-order valence-corrected chi connectivity index (χ0v) is 12.2. The summed E-state index contributed by atoms with van der Waals surface area (Å²) in [6.07, 6.45) is 1.56. The van der Waals surface area contributed by atoms with Gasteiger partial charge in [-0.05, 0) is 18.4 Å². The highest BCUT2D eigenvalue weighted by atomic mass is 35.5. The zero-order valence-electron chi connectivity index (χ0n) is 10.6. The van der Waals surface area contributed by atoms with Gasteiger partial charge in [0.05, 0.1) is 17.2 Å². The molecule has 6 heteroatoms. The van der Waals surface area contributed by atoms with E-state index >= 15 is 0 Å². The number of nitrogens with one attached hydrogen (secondary N) is 1. The van der Waals surface area contributed by atoms with Gasteiger partial charge in [-0.1, -0.05) is 30.3 Å². The third kappa shape index (κ3) is 4.76. The number of hydrogen-bond acceptors (Lipinski definition) is 3. The molecular formula is C13H18ClNO3S. The Bertz CT molecular complexity index is 486. The minimum Gasteiger partial charge on any atom is -0.377 e. The summed E-state index contributed by atoms with van der Waals surface area (Å²) in [6, 6.07) is 9.42. The number of hydrogen-bond donors (Lipinski definition) is 1. The van der Waals surface area contributed by atoms with E-state index in [1.54, 1.807) is 0 Å². The van der Waals surface area contributed by atoms with Gasteiger partial charge in [-0.15, -0.1) is 11.6 Å². The molecule has 1 aromatic carbocycles. The van der Waals surface area contributed by atoms with E-state index in [9.17, 15) is 8.42 Å². The molecule has 1 aliphatic rings. The quantitative estimate of drug-likeness (QED) is 0.819. The fraction of sp³-hybridized carbons (Fsp3) is 0.538. The van der Waals surface area contributed by atoms with E-state index in [2.05, 4.69) is 4.72 Å². The van der Waals surface area contributed by atoms with Crippen molar-refractivity contribution in [3.8, 4) is 0 Å². The molecule has 0 amide bonds. The van der Waals surface area contributed by atoms with Crippen molar-refractivity contribution in [2.45, 2.75) is 24.3 Å². The molecule has 0 spiro atoms. The second-order valence-electron chi connectivity index (χ2n) is 4.64. The summed E-state index contributed by atoms with van der Waals surface area (Å²) < 4.78 is 31.6. The van der Waals surface area contributed by atoms with Gasteiger partial charge in [-0.3, -0.25) is 0 Å². The summed E-state index contributed by atoms with van der Waals surface area (Å²) in [5, 5.41) is -0.361. The van der Waals surface area contributed by atoms with Gasteiger partial charge in [0.2, 0.25) is 10.0 Å². The molecule has 0 bridgehead atoms. The van der Waals surface area contributed by atoms with Gasteiger partial charge in [0, 0.05) is 13.2 Å². The Hall–Kier alpha value is -0.620. The standard InChI is InChI=1S/C13H18ClNO3S/c14-13(11-5-2-1-3-6-11)9-15-19(16,17)10-12-7-4-8-18-12/h1-3,5-6,12-13,15H,4,7-10H2. The molecule has 19 heavy (non-hydrogen) atoms. The van der Waals surface area contributed by atoms with Gasteiger partial charge in [0.15, 0.2) is 0 Å². The molecule has 106 valence electrons. The zero-order chi connectivity index (χ0) is 13.7. The van der Waals surface area contributed by atoms with Crippen LogP contribution in [0.25, 0.3) is 0 Å². The van der Waals surface area contributed by atoms with Crippen LogP contribution in [0, 0.1) is 0 Å². The lowest BCUT2D eigenvalue weighted by Gasteiger charge is -2.14. The van der Waals surface area contributed by atoms with Gasteiger partial charge in [0.1, 0.15) is 0 Å². The maximum absolute atomic E-state index is 11.9. The van der Waals surface area contributed by atoms with Crippen LogP contribution < -0.4 is 4.72 Å². The number of rotatable bonds is 6. The summed E-state index contributed by atoms with van der Waals surface area (Å²) in [5.74, 6) is 0.0192. The minimum absolute atomic E-state index is 0.0192. The van der Waals surface area contributed by atoms with E-state index in [0.29, 0.717) is 6.61 Å². The predicted octanol–water partition coefficient (Wildman–Crippen LogP) is 2.06. The first-order valence-electron chi connectivity index (χ1n) is 6.35. The van der Waals surface area contributed by atoms with Crippen LogP contribution in [-0.4, -0.2) is 33.4 Å². The lowest BCUT2D eigenvalue weighted by molar-refractivity contribution is 0.127. The van der Waals surface area contributed by atoms with Crippen LogP contribution >= 0.6 is 11.6 Å². The first-order chi connectivity index (χ1) is 9.07. The maximum atomic E-state index is 11.9. The number of halogens is 1. The van der Waals surface area contributed by atoms with Crippen molar-refractivity contribution in [2.24, 2.45) is 0 Å². The molecule has 1 saturated heterocycles. The Balaban J connectivity index is 1.83. The van der Waals surface area contributed by atoms with E-state index in [0.717, 1.165) is 18.4 Å². The SMILES string of the molecule is O=S(=O)(CC1CCCO1)NCC(Cl)c1ccccc1. The molecule has 2 unspecified atom stereocenters. The van der Waals surface area contributed by atoms with Crippen LogP contribution in [0.15, 0.2) is 30.3 Å². The summed E-state index contributed by atoms with van der Waals surface area (Å²) >= 11 is 6.17. The summed E-state index contributed by atoms with van der Waals surface area (Å²) in [5.41, 5.74) is 0.906. The monoisotopic (exact) mass is 303 g/mol. The van der Waals surface area contributed by atoms with Crippen molar-refractivity contribution in [1.29, 1.82) is 0 Å². The fourth-order valence-electron chi connectivity index (χ4n) is 2.06. The first kappa shape index (κ1) is 14.8. The van der Waals surface area contributed by atoms with Gasteiger partial charge in [0.25, 0.3) is 0 Å². The number of benzene rings is 1. The maximum Gasteiger partial charge on any atom is 0.214 e. The van der Waals surface area contributed by atoms with E-state index in [1.807, 2.05) is 30.3 Å². The second-order valence-corrected chi connectivity index (χ2v) is 7.02. The van der Waals surface area contributed by atoms with Crippen LogP contribution in [0.1, 0.15) is 23.8 Å². The van der Waals surface area contributed by atoms with Crippen molar-refractivity contribution >= 4 is 21.6 Å². The molecule has 4 nitrogen and oxygen atoms in total. The Kier molecular flexibility index (Phi) is 5.21. The van der Waals surface area contributed by atoms with Crippen molar-refractivity contribution in [3.05, 3.63) is 35.9 Å². The predicted molar refractivity (Wildman–Crippen MR) is 75.8 cm³/mol. The molecule has 0 aromatic heterocycles.